The second kappa shape index (κ2) is 18.2. The minimum absolute atomic E-state index is 0.149. The van der Waals surface area contributed by atoms with E-state index < -0.39 is 0 Å². The molecule has 0 aliphatic carbocycles. The van der Waals surface area contributed by atoms with Crippen molar-refractivity contribution in [3.63, 3.8) is 0 Å². The molecule has 11 heteroatoms. The van der Waals surface area contributed by atoms with Crippen LogP contribution in [0.2, 0.25) is 0 Å². The predicted octanol–water partition coefficient (Wildman–Crippen LogP) is 5.30. The Kier molecular flexibility index (Phi) is 13.8. The van der Waals surface area contributed by atoms with Gasteiger partial charge in [-0.25, -0.2) is 0 Å². The van der Waals surface area contributed by atoms with Crippen LogP contribution in [0.15, 0.2) is 66.7 Å². The second-order valence-corrected chi connectivity index (χ2v) is 12.7. The number of hydrogen-bond donors (Lipinski definition) is 2. The molecule has 3 amide bonds. The normalized spacial score (nSPS) is 14.4. The molecular weight excluding hydrogens is 622 g/mol. The Hall–Kier alpha value is -4.61. The van der Waals surface area contributed by atoms with E-state index in [4.69, 9.17) is 19.9 Å². The van der Waals surface area contributed by atoms with Crippen molar-refractivity contribution >= 4 is 29.1 Å². The number of piperazine rings is 1. The zero-order chi connectivity index (χ0) is 35.3. The van der Waals surface area contributed by atoms with Gasteiger partial charge in [-0.05, 0) is 88.2 Å². The van der Waals surface area contributed by atoms with Crippen LogP contribution in [0.1, 0.15) is 60.2 Å². The van der Waals surface area contributed by atoms with Crippen LogP contribution in [0, 0.1) is 5.92 Å². The molecule has 2 unspecified atom stereocenters. The summed E-state index contributed by atoms with van der Waals surface area (Å²) >= 11 is 0. The molecule has 3 aromatic carbocycles. The minimum Gasteiger partial charge on any atom is -0.495 e. The van der Waals surface area contributed by atoms with Gasteiger partial charge in [-0.15, -0.1) is 0 Å². The highest BCUT2D eigenvalue weighted by atomic mass is 16.5. The molecule has 49 heavy (non-hydrogen) atoms. The summed E-state index contributed by atoms with van der Waals surface area (Å²) in [5.74, 6) is 1.29. The molecule has 3 aromatic rings. The number of nitrogens with one attached hydrogen (secondary N) is 1. The van der Waals surface area contributed by atoms with Crippen molar-refractivity contribution in [3.05, 3.63) is 77.9 Å². The Balaban J connectivity index is 1.35. The van der Waals surface area contributed by atoms with Crippen molar-refractivity contribution < 1.29 is 28.6 Å². The number of hydrogen-bond acceptors (Lipinski definition) is 8. The van der Waals surface area contributed by atoms with Crippen LogP contribution in [0.25, 0.3) is 0 Å². The number of carbonyl (C=O) groups is 3. The van der Waals surface area contributed by atoms with Gasteiger partial charge in [-0.2, -0.15) is 0 Å². The lowest BCUT2D eigenvalue weighted by molar-refractivity contribution is -0.133. The second-order valence-electron chi connectivity index (χ2n) is 12.7. The van der Waals surface area contributed by atoms with Crippen LogP contribution < -0.4 is 30.2 Å². The molecular formula is C38H51N5O6. The monoisotopic (exact) mass is 673 g/mol. The average Bonchev–Trinajstić information content (AvgIpc) is 3.11. The third-order valence-electron chi connectivity index (χ3n) is 8.84. The topological polar surface area (TPSA) is 127 Å². The fourth-order valence-corrected chi connectivity index (χ4v) is 5.64. The van der Waals surface area contributed by atoms with E-state index in [2.05, 4.69) is 24.2 Å². The SMILES string of the molecule is COc1cc(C(=O)N(C)c2ccccc2OCCC(C)CCC(=O)N2CCN(C)CC2)ccc1NC(=O)c1ccccc1OC(C)CCN. The smallest absolute Gasteiger partial charge is 0.259 e. The van der Waals surface area contributed by atoms with E-state index in [1.165, 1.54) is 12.0 Å². The molecule has 1 saturated heterocycles. The number of rotatable bonds is 16. The Bertz CT molecular complexity index is 1560. The van der Waals surface area contributed by atoms with Gasteiger partial charge in [0.05, 0.1) is 36.8 Å². The van der Waals surface area contributed by atoms with Crippen molar-refractivity contribution in [2.45, 2.75) is 45.6 Å². The van der Waals surface area contributed by atoms with E-state index in [9.17, 15) is 14.4 Å². The third-order valence-corrected chi connectivity index (χ3v) is 8.84. The zero-order valence-electron chi connectivity index (χ0n) is 29.4. The number of likely N-dealkylation sites (N-methyl/N-ethyl adjacent to an activating group) is 1. The van der Waals surface area contributed by atoms with E-state index in [-0.39, 0.29) is 23.8 Å². The van der Waals surface area contributed by atoms with E-state index in [0.717, 1.165) is 39.0 Å². The molecule has 2 atom stereocenters. The predicted molar refractivity (Wildman–Crippen MR) is 193 cm³/mol. The number of nitrogens with two attached hydrogens (primary N) is 1. The number of para-hydroxylation sites is 3. The summed E-state index contributed by atoms with van der Waals surface area (Å²) in [6, 6.07) is 19.3. The first-order valence-electron chi connectivity index (χ1n) is 17.0. The largest absolute Gasteiger partial charge is 0.495 e. The summed E-state index contributed by atoms with van der Waals surface area (Å²) in [5, 5.41) is 2.89. The van der Waals surface area contributed by atoms with Crippen molar-refractivity contribution in [1.82, 2.24) is 9.80 Å². The molecule has 0 aromatic heterocycles. The van der Waals surface area contributed by atoms with Gasteiger partial charge in [-0.1, -0.05) is 31.2 Å². The summed E-state index contributed by atoms with van der Waals surface area (Å²) < 4.78 is 17.7. The molecule has 264 valence electrons. The van der Waals surface area contributed by atoms with Gasteiger partial charge >= 0.3 is 0 Å². The molecule has 11 nitrogen and oxygen atoms in total. The molecule has 0 radical (unpaired) electrons. The molecule has 0 saturated carbocycles. The summed E-state index contributed by atoms with van der Waals surface area (Å²) in [5.41, 5.74) is 7.45. The van der Waals surface area contributed by atoms with E-state index >= 15 is 0 Å². The number of nitrogens with zero attached hydrogens (tertiary/aromatic N) is 3. The van der Waals surface area contributed by atoms with Crippen molar-refractivity contribution in [3.8, 4) is 17.2 Å². The standard InChI is InChI=1S/C38H51N5O6/c1-27(14-17-36(44)43-23-21-41(3)22-24-43)19-25-48-34-13-9-7-11-32(34)42(4)38(46)29-15-16-31(35(26-29)47-5)40-37(45)30-10-6-8-12-33(30)49-28(2)18-20-39/h6-13,15-16,26-28H,14,17-25,39H2,1-5H3,(H,40,45). The average molecular weight is 674 g/mol. The van der Waals surface area contributed by atoms with Gasteiger partial charge in [0.2, 0.25) is 5.91 Å². The van der Waals surface area contributed by atoms with Gasteiger partial charge in [-0.3, -0.25) is 14.4 Å². The maximum absolute atomic E-state index is 13.7. The molecule has 1 heterocycles. The van der Waals surface area contributed by atoms with E-state index in [1.54, 1.807) is 43.4 Å². The van der Waals surface area contributed by atoms with Crippen LogP contribution in [0.3, 0.4) is 0 Å². The molecule has 3 N–H and O–H groups in total. The Morgan fingerprint density at radius 3 is 2.31 bits per heavy atom. The molecule has 4 rings (SSSR count). The van der Waals surface area contributed by atoms with Gasteiger partial charge < -0.3 is 40.0 Å². The maximum Gasteiger partial charge on any atom is 0.259 e. The summed E-state index contributed by atoms with van der Waals surface area (Å²) in [6.45, 7) is 8.42. The number of carbonyl (C=O) groups excluding carboxylic acids is 3. The molecule has 0 spiro atoms. The maximum atomic E-state index is 13.7. The number of methoxy groups -OCH3 is 1. The molecule has 1 aliphatic rings. The van der Waals surface area contributed by atoms with Gasteiger partial charge in [0.25, 0.3) is 11.8 Å². The van der Waals surface area contributed by atoms with Crippen molar-refractivity contribution in [1.29, 1.82) is 0 Å². The highest BCUT2D eigenvalue weighted by Crippen LogP contribution is 2.32. The summed E-state index contributed by atoms with van der Waals surface area (Å²) in [4.78, 5) is 45.3. The molecule has 0 bridgehead atoms. The quantitative estimate of drug-likeness (QED) is 0.210. The Labute approximate surface area is 290 Å². The minimum atomic E-state index is -0.368. The highest BCUT2D eigenvalue weighted by Gasteiger charge is 2.22. The van der Waals surface area contributed by atoms with Crippen LogP contribution in [0.4, 0.5) is 11.4 Å². The van der Waals surface area contributed by atoms with Crippen LogP contribution in [0.5, 0.6) is 17.2 Å². The van der Waals surface area contributed by atoms with Crippen LogP contribution >= 0.6 is 0 Å². The molecule has 1 fully saturated rings. The number of ether oxygens (including phenoxy) is 3. The first-order chi connectivity index (χ1) is 23.6. The van der Waals surface area contributed by atoms with Crippen molar-refractivity contribution in [2.75, 3.05) is 70.8 Å². The summed E-state index contributed by atoms with van der Waals surface area (Å²) in [6.07, 6.45) is 2.64. The van der Waals surface area contributed by atoms with Crippen molar-refractivity contribution in [2.24, 2.45) is 11.7 Å². The third kappa shape index (κ3) is 10.4. The lowest BCUT2D eigenvalue weighted by Crippen LogP contribution is -2.47. The van der Waals surface area contributed by atoms with E-state index in [0.29, 0.717) is 71.7 Å². The van der Waals surface area contributed by atoms with Gasteiger partial charge in [0, 0.05) is 45.2 Å². The van der Waals surface area contributed by atoms with Gasteiger partial charge in [0.15, 0.2) is 0 Å². The van der Waals surface area contributed by atoms with Gasteiger partial charge in [0.1, 0.15) is 17.2 Å². The number of anilines is 2. The van der Waals surface area contributed by atoms with Crippen LogP contribution in [-0.4, -0.2) is 94.2 Å². The highest BCUT2D eigenvalue weighted by molar-refractivity contribution is 6.09. The number of benzene rings is 3. The lowest BCUT2D eigenvalue weighted by atomic mass is 10.0. The fraction of sp³-hybridized carbons (Fsp3) is 0.447. The first-order valence-corrected chi connectivity index (χ1v) is 17.0. The van der Waals surface area contributed by atoms with Crippen LogP contribution in [-0.2, 0) is 4.79 Å². The van der Waals surface area contributed by atoms with E-state index in [1.807, 2.05) is 42.2 Å². The lowest BCUT2D eigenvalue weighted by Gasteiger charge is -2.32. The Morgan fingerprint density at radius 2 is 1.59 bits per heavy atom. The number of amides is 3. The molecule has 1 aliphatic heterocycles. The fourth-order valence-electron chi connectivity index (χ4n) is 5.64. The zero-order valence-corrected chi connectivity index (χ0v) is 29.4. The summed E-state index contributed by atoms with van der Waals surface area (Å²) in [7, 11) is 5.26. The Morgan fingerprint density at radius 1 is 0.898 bits per heavy atom. The first kappa shape index (κ1) is 37.2.